The van der Waals surface area contributed by atoms with Crippen LogP contribution in [0, 0.1) is 13.8 Å². The van der Waals surface area contributed by atoms with Crippen LogP contribution in [0.5, 0.6) is 0 Å². The van der Waals surface area contributed by atoms with Gasteiger partial charge in [-0.15, -0.1) is 0 Å². The van der Waals surface area contributed by atoms with Crippen LogP contribution >= 0.6 is 0 Å². The minimum Gasteiger partial charge on any atom is -0.287 e. The quantitative estimate of drug-likeness (QED) is 0.525. The Labute approximate surface area is 172 Å². The first-order valence-electron chi connectivity index (χ1n) is 9.37. The average molecular weight is 401 g/mol. The fraction of sp³-hybridized carbons (Fsp3) is 0.130. The number of aromatic nitrogens is 1. The summed E-state index contributed by atoms with van der Waals surface area (Å²) in [6.45, 7) is 5.24. The van der Waals surface area contributed by atoms with Crippen LogP contribution in [0.2, 0.25) is 0 Å². The molecule has 1 fully saturated rings. The van der Waals surface area contributed by atoms with Gasteiger partial charge in [-0.2, -0.15) is 0 Å². The van der Waals surface area contributed by atoms with Crippen molar-refractivity contribution in [3.05, 3.63) is 70.9 Å². The van der Waals surface area contributed by atoms with Gasteiger partial charge in [-0.25, -0.2) is 9.69 Å². The Kier molecular flexibility index (Phi) is 4.58. The number of benzene rings is 2. The number of rotatable bonds is 2. The number of fused-ring (bicyclic) bond motifs is 1. The number of carbonyl (C=O) groups is 4. The summed E-state index contributed by atoms with van der Waals surface area (Å²) in [6.07, 6.45) is 3.00. The molecule has 0 unspecified atom stereocenters. The molecule has 1 N–H and O–H groups in total. The predicted octanol–water partition coefficient (Wildman–Crippen LogP) is 3.58. The molecule has 1 aromatic heterocycles. The Bertz CT molecular complexity index is 1280. The highest BCUT2D eigenvalue weighted by Gasteiger charge is 2.37. The molecule has 0 aliphatic carbocycles. The van der Waals surface area contributed by atoms with Gasteiger partial charge >= 0.3 is 6.03 Å². The van der Waals surface area contributed by atoms with Crippen molar-refractivity contribution in [1.29, 1.82) is 0 Å². The van der Waals surface area contributed by atoms with Crippen LogP contribution in [0.15, 0.2) is 54.2 Å². The van der Waals surface area contributed by atoms with E-state index in [0.29, 0.717) is 16.8 Å². The van der Waals surface area contributed by atoms with E-state index in [1.807, 2.05) is 26.0 Å². The van der Waals surface area contributed by atoms with E-state index >= 15 is 0 Å². The van der Waals surface area contributed by atoms with Gasteiger partial charge < -0.3 is 0 Å². The summed E-state index contributed by atoms with van der Waals surface area (Å²) >= 11 is 0. The van der Waals surface area contributed by atoms with Crippen LogP contribution in [0.3, 0.4) is 0 Å². The molecule has 3 aromatic rings. The van der Waals surface area contributed by atoms with E-state index in [1.165, 1.54) is 17.6 Å². The molecule has 4 amide bonds. The lowest BCUT2D eigenvalue weighted by molar-refractivity contribution is -0.122. The molecular weight excluding hydrogens is 382 g/mol. The zero-order valence-corrected chi connectivity index (χ0v) is 16.7. The summed E-state index contributed by atoms with van der Waals surface area (Å²) in [7, 11) is 0. The molecule has 1 aliphatic heterocycles. The normalized spacial score (nSPS) is 15.8. The van der Waals surface area contributed by atoms with Crippen molar-refractivity contribution in [2.75, 3.05) is 4.90 Å². The van der Waals surface area contributed by atoms with Crippen LogP contribution in [0.25, 0.3) is 17.0 Å². The standard InChI is InChI=1S/C23H19N3O4/c1-13-8-9-17(10-14(13)2)26-22(29)19(21(28)24-23(26)30)11-16-12-25(15(3)27)20-7-5-4-6-18(16)20/h4-12H,1-3H3,(H,24,28,30). The van der Waals surface area contributed by atoms with E-state index in [-0.39, 0.29) is 11.5 Å². The van der Waals surface area contributed by atoms with Crippen LogP contribution < -0.4 is 10.2 Å². The highest BCUT2D eigenvalue weighted by atomic mass is 16.2. The first-order chi connectivity index (χ1) is 14.3. The van der Waals surface area contributed by atoms with Gasteiger partial charge in [-0.05, 0) is 49.2 Å². The molecule has 30 heavy (non-hydrogen) atoms. The second kappa shape index (κ2) is 7.11. The molecule has 0 saturated carbocycles. The van der Waals surface area contributed by atoms with Crippen LogP contribution in [0.4, 0.5) is 10.5 Å². The van der Waals surface area contributed by atoms with Gasteiger partial charge in [0.1, 0.15) is 5.57 Å². The molecule has 2 aromatic carbocycles. The number of hydrogen-bond donors (Lipinski definition) is 1. The molecule has 7 heteroatoms. The summed E-state index contributed by atoms with van der Waals surface area (Å²) in [6, 6.07) is 11.6. The van der Waals surface area contributed by atoms with Gasteiger partial charge in [-0.1, -0.05) is 24.3 Å². The number of aryl methyl sites for hydroxylation is 2. The Balaban J connectivity index is 1.83. The number of barbiturate groups is 1. The van der Waals surface area contributed by atoms with E-state index < -0.39 is 17.8 Å². The van der Waals surface area contributed by atoms with Gasteiger partial charge in [0.05, 0.1) is 11.2 Å². The maximum Gasteiger partial charge on any atom is 0.335 e. The van der Waals surface area contributed by atoms with E-state index in [1.54, 1.807) is 36.5 Å². The van der Waals surface area contributed by atoms with Crippen molar-refractivity contribution in [1.82, 2.24) is 9.88 Å². The Hall–Kier alpha value is -4.00. The SMILES string of the molecule is CC(=O)n1cc(C=C2C(=O)NC(=O)N(c3ccc(C)c(C)c3)C2=O)c2ccccc21. The third-order valence-corrected chi connectivity index (χ3v) is 5.23. The molecule has 1 saturated heterocycles. The second-order valence-corrected chi connectivity index (χ2v) is 7.22. The van der Waals surface area contributed by atoms with Gasteiger partial charge in [0.25, 0.3) is 11.8 Å². The van der Waals surface area contributed by atoms with Crippen LogP contribution in [-0.4, -0.2) is 28.3 Å². The topological polar surface area (TPSA) is 88.5 Å². The number of para-hydroxylation sites is 1. The fourth-order valence-corrected chi connectivity index (χ4v) is 3.49. The lowest BCUT2D eigenvalue weighted by atomic mass is 10.0. The van der Waals surface area contributed by atoms with Crippen LogP contribution in [-0.2, 0) is 9.59 Å². The summed E-state index contributed by atoms with van der Waals surface area (Å²) < 4.78 is 1.46. The number of hydrogen-bond acceptors (Lipinski definition) is 4. The molecule has 2 heterocycles. The summed E-state index contributed by atoms with van der Waals surface area (Å²) in [5.41, 5.74) is 3.34. The molecule has 0 spiro atoms. The minimum absolute atomic E-state index is 0.181. The number of anilines is 1. The van der Waals surface area contributed by atoms with E-state index in [4.69, 9.17) is 0 Å². The first-order valence-corrected chi connectivity index (χ1v) is 9.37. The molecule has 1 aliphatic rings. The monoisotopic (exact) mass is 401 g/mol. The largest absolute Gasteiger partial charge is 0.335 e. The maximum absolute atomic E-state index is 13.1. The average Bonchev–Trinajstić information content (AvgIpc) is 3.07. The van der Waals surface area contributed by atoms with Gasteiger partial charge in [0, 0.05) is 24.1 Å². The molecule has 0 radical (unpaired) electrons. The molecule has 0 atom stereocenters. The maximum atomic E-state index is 13.1. The number of amides is 4. The number of nitrogens with one attached hydrogen (secondary N) is 1. The van der Waals surface area contributed by atoms with Crippen molar-refractivity contribution in [2.24, 2.45) is 0 Å². The molecular formula is C23H19N3O4. The van der Waals surface area contributed by atoms with E-state index in [2.05, 4.69) is 5.32 Å². The molecule has 4 rings (SSSR count). The Morgan fingerprint density at radius 1 is 1.00 bits per heavy atom. The minimum atomic E-state index is -0.795. The molecule has 150 valence electrons. The van der Waals surface area contributed by atoms with Gasteiger partial charge in [-0.3, -0.25) is 24.3 Å². The van der Waals surface area contributed by atoms with Crippen molar-refractivity contribution >= 4 is 46.4 Å². The first kappa shape index (κ1) is 19.3. The summed E-state index contributed by atoms with van der Waals surface area (Å²) in [4.78, 5) is 50.9. The third-order valence-electron chi connectivity index (χ3n) is 5.23. The fourth-order valence-electron chi connectivity index (χ4n) is 3.49. The van der Waals surface area contributed by atoms with E-state index in [9.17, 15) is 19.2 Å². The zero-order chi connectivity index (χ0) is 21.6. The number of urea groups is 1. The lowest BCUT2D eigenvalue weighted by Crippen LogP contribution is -2.54. The third kappa shape index (κ3) is 3.10. The zero-order valence-electron chi connectivity index (χ0n) is 16.7. The van der Waals surface area contributed by atoms with Gasteiger partial charge in [0.2, 0.25) is 5.91 Å². The van der Waals surface area contributed by atoms with Gasteiger partial charge in [0.15, 0.2) is 0 Å². The smallest absolute Gasteiger partial charge is 0.287 e. The second-order valence-electron chi connectivity index (χ2n) is 7.22. The Morgan fingerprint density at radius 2 is 1.73 bits per heavy atom. The summed E-state index contributed by atoms with van der Waals surface area (Å²) in [5, 5.41) is 2.94. The van der Waals surface area contributed by atoms with E-state index in [0.717, 1.165) is 21.4 Å². The highest BCUT2D eigenvalue weighted by molar-refractivity contribution is 6.39. The molecule has 7 nitrogen and oxygen atoms in total. The van der Waals surface area contributed by atoms with Crippen molar-refractivity contribution in [2.45, 2.75) is 20.8 Å². The highest BCUT2D eigenvalue weighted by Crippen LogP contribution is 2.27. The van der Waals surface area contributed by atoms with Crippen LogP contribution in [0.1, 0.15) is 28.4 Å². The van der Waals surface area contributed by atoms with Crippen molar-refractivity contribution < 1.29 is 19.2 Å². The molecule has 0 bridgehead atoms. The number of carbonyl (C=O) groups excluding carboxylic acids is 4. The number of nitrogens with zero attached hydrogens (tertiary/aromatic N) is 2. The predicted molar refractivity (Wildman–Crippen MR) is 113 cm³/mol. The lowest BCUT2D eigenvalue weighted by Gasteiger charge is -2.26. The van der Waals surface area contributed by atoms with Crippen molar-refractivity contribution in [3.63, 3.8) is 0 Å². The van der Waals surface area contributed by atoms with Crippen molar-refractivity contribution in [3.8, 4) is 0 Å². The summed E-state index contributed by atoms with van der Waals surface area (Å²) in [5.74, 6) is -1.68. The number of imide groups is 2. The Morgan fingerprint density at radius 3 is 2.43 bits per heavy atom.